The van der Waals surface area contributed by atoms with E-state index in [9.17, 15) is 8.42 Å². The van der Waals surface area contributed by atoms with Crippen LogP contribution in [0.15, 0.2) is 43.8 Å². The van der Waals surface area contributed by atoms with Gasteiger partial charge in [0.15, 0.2) is 5.58 Å². The van der Waals surface area contributed by atoms with Crippen molar-refractivity contribution in [2.45, 2.75) is 11.0 Å². The molecule has 2 heterocycles. The number of nitrogens with two attached hydrogens (primary N) is 1. The second-order valence-corrected chi connectivity index (χ2v) is 7.98. The molecule has 0 saturated carbocycles. The molecule has 0 fully saturated rings. The zero-order valence-electron chi connectivity index (χ0n) is 10.0. The highest BCUT2D eigenvalue weighted by molar-refractivity contribution is 9.10. The molecule has 0 spiro atoms. The summed E-state index contributed by atoms with van der Waals surface area (Å²) in [5, 5.41) is 1.56. The molecule has 3 rings (SSSR count). The lowest BCUT2D eigenvalue weighted by Crippen LogP contribution is -2.03. The van der Waals surface area contributed by atoms with E-state index in [4.69, 9.17) is 10.2 Å². The maximum Gasteiger partial charge on any atom is 0.316 e. The van der Waals surface area contributed by atoms with Gasteiger partial charge in [0.05, 0.1) is 5.75 Å². The Morgan fingerprint density at radius 3 is 2.85 bits per heavy atom. The standard InChI is InChI=1S/C12H9BrN2O3S2/c13-7-3-9(19-5-7)6-20(16,17)12-15-10-4-8(14)1-2-11(10)18-12/h1-5H,6,14H2. The number of hydrogen-bond acceptors (Lipinski definition) is 6. The highest BCUT2D eigenvalue weighted by atomic mass is 79.9. The number of sulfone groups is 1. The molecule has 0 bridgehead atoms. The molecule has 0 aliphatic rings. The molecule has 0 amide bonds. The summed E-state index contributed by atoms with van der Waals surface area (Å²) in [6.07, 6.45) is 0. The summed E-state index contributed by atoms with van der Waals surface area (Å²) in [4.78, 5) is 4.73. The van der Waals surface area contributed by atoms with Gasteiger partial charge in [-0.3, -0.25) is 0 Å². The average molecular weight is 373 g/mol. The van der Waals surface area contributed by atoms with Crippen LogP contribution in [0.25, 0.3) is 11.1 Å². The lowest BCUT2D eigenvalue weighted by molar-refractivity contribution is 0.458. The summed E-state index contributed by atoms with van der Waals surface area (Å²) in [5.41, 5.74) is 6.99. The van der Waals surface area contributed by atoms with Crippen LogP contribution in [0.4, 0.5) is 5.69 Å². The third-order valence-electron chi connectivity index (χ3n) is 2.61. The van der Waals surface area contributed by atoms with E-state index in [1.165, 1.54) is 11.3 Å². The monoisotopic (exact) mass is 372 g/mol. The van der Waals surface area contributed by atoms with E-state index in [1.54, 1.807) is 24.3 Å². The summed E-state index contributed by atoms with van der Waals surface area (Å²) in [7, 11) is -3.60. The van der Waals surface area contributed by atoms with Gasteiger partial charge < -0.3 is 10.2 Å². The van der Waals surface area contributed by atoms with Gasteiger partial charge in [-0.2, -0.15) is 4.98 Å². The molecule has 5 nitrogen and oxygen atoms in total. The fourth-order valence-electron chi connectivity index (χ4n) is 1.73. The van der Waals surface area contributed by atoms with Crippen LogP contribution in [0, 0.1) is 0 Å². The topological polar surface area (TPSA) is 86.2 Å². The fourth-order valence-corrected chi connectivity index (χ4v) is 4.74. The minimum atomic E-state index is -3.60. The van der Waals surface area contributed by atoms with Gasteiger partial charge in [0.1, 0.15) is 5.52 Å². The molecule has 1 aromatic carbocycles. The number of anilines is 1. The van der Waals surface area contributed by atoms with Gasteiger partial charge in [0.25, 0.3) is 0 Å². The maximum atomic E-state index is 12.3. The van der Waals surface area contributed by atoms with Crippen LogP contribution in [0.2, 0.25) is 0 Å². The van der Waals surface area contributed by atoms with Crippen molar-refractivity contribution < 1.29 is 12.8 Å². The zero-order chi connectivity index (χ0) is 14.3. The highest BCUT2D eigenvalue weighted by Gasteiger charge is 2.23. The van der Waals surface area contributed by atoms with Crippen molar-refractivity contribution in [1.82, 2.24) is 4.98 Å². The Morgan fingerprint density at radius 2 is 2.15 bits per heavy atom. The first kappa shape index (κ1) is 13.6. The molecule has 0 radical (unpaired) electrons. The molecule has 0 aliphatic carbocycles. The molecule has 0 atom stereocenters. The lowest BCUT2D eigenvalue weighted by atomic mass is 10.3. The van der Waals surface area contributed by atoms with E-state index in [0.29, 0.717) is 16.8 Å². The number of nitrogens with zero attached hydrogens (tertiary/aromatic N) is 1. The summed E-state index contributed by atoms with van der Waals surface area (Å²) in [6, 6.07) is 6.60. The number of nitrogen functional groups attached to an aromatic ring is 1. The first-order chi connectivity index (χ1) is 9.44. The predicted molar refractivity (Wildman–Crippen MR) is 81.3 cm³/mol. The normalized spacial score (nSPS) is 12.1. The number of aromatic nitrogens is 1. The minimum Gasteiger partial charge on any atom is -0.428 e. The maximum absolute atomic E-state index is 12.3. The SMILES string of the molecule is Nc1ccc2oc(S(=O)(=O)Cc3cc(Br)cs3)nc2c1. The summed E-state index contributed by atoms with van der Waals surface area (Å²) in [6.45, 7) is 0. The van der Waals surface area contributed by atoms with Gasteiger partial charge in [-0.1, -0.05) is 0 Å². The largest absolute Gasteiger partial charge is 0.428 e. The Bertz CT molecular complexity index is 883. The summed E-state index contributed by atoms with van der Waals surface area (Å²) in [5.74, 6) is -0.133. The second kappa shape index (κ2) is 4.87. The fraction of sp³-hybridized carbons (Fsp3) is 0.0833. The van der Waals surface area contributed by atoms with E-state index in [-0.39, 0.29) is 11.0 Å². The van der Waals surface area contributed by atoms with E-state index >= 15 is 0 Å². The molecule has 104 valence electrons. The minimum absolute atomic E-state index is 0.133. The first-order valence-corrected chi connectivity index (χ1v) is 8.88. The molecular formula is C12H9BrN2O3S2. The molecule has 2 N–H and O–H groups in total. The number of oxazole rings is 1. The predicted octanol–water partition coefficient (Wildman–Crippen LogP) is 3.21. The van der Waals surface area contributed by atoms with Crippen LogP contribution < -0.4 is 5.73 Å². The number of halogens is 1. The molecule has 3 aromatic rings. The van der Waals surface area contributed by atoms with Crippen molar-refractivity contribution in [1.29, 1.82) is 0 Å². The Balaban J connectivity index is 2.00. The number of benzene rings is 1. The van der Waals surface area contributed by atoms with Crippen molar-refractivity contribution in [3.05, 3.63) is 39.0 Å². The summed E-state index contributed by atoms with van der Waals surface area (Å²) < 4.78 is 30.7. The second-order valence-electron chi connectivity index (χ2n) is 4.20. The molecule has 0 saturated heterocycles. The van der Waals surface area contributed by atoms with Crippen molar-refractivity contribution in [3.8, 4) is 0 Å². The number of fused-ring (bicyclic) bond motifs is 1. The average Bonchev–Trinajstić information content (AvgIpc) is 2.95. The Kier molecular flexibility index (Phi) is 3.31. The Morgan fingerprint density at radius 1 is 1.35 bits per heavy atom. The molecule has 0 aliphatic heterocycles. The van der Waals surface area contributed by atoms with Crippen molar-refractivity contribution in [3.63, 3.8) is 0 Å². The van der Waals surface area contributed by atoms with Crippen LogP contribution >= 0.6 is 27.3 Å². The van der Waals surface area contributed by atoms with Crippen LogP contribution in [0.1, 0.15) is 4.88 Å². The van der Waals surface area contributed by atoms with Gasteiger partial charge in [-0.05, 0) is 40.2 Å². The van der Waals surface area contributed by atoms with Crippen LogP contribution in [-0.2, 0) is 15.6 Å². The van der Waals surface area contributed by atoms with Crippen LogP contribution in [-0.4, -0.2) is 13.4 Å². The van der Waals surface area contributed by atoms with E-state index in [1.807, 2.05) is 5.38 Å². The van der Waals surface area contributed by atoms with Gasteiger partial charge in [-0.25, -0.2) is 8.42 Å². The quantitative estimate of drug-likeness (QED) is 0.713. The van der Waals surface area contributed by atoms with Gasteiger partial charge in [-0.15, -0.1) is 11.3 Å². The third-order valence-corrected chi connectivity index (χ3v) is 5.89. The van der Waals surface area contributed by atoms with Gasteiger partial charge in [0, 0.05) is 20.4 Å². The molecule has 2 aromatic heterocycles. The third kappa shape index (κ3) is 2.58. The first-order valence-electron chi connectivity index (χ1n) is 5.56. The molecule has 20 heavy (non-hydrogen) atoms. The van der Waals surface area contributed by atoms with Crippen LogP contribution in [0.5, 0.6) is 0 Å². The number of rotatable bonds is 3. The highest BCUT2D eigenvalue weighted by Crippen LogP contribution is 2.26. The smallest absolute Gasteiger partial charge is 0.316 e. The van der Waals surface area contributed by atoms with Gasteiger partial charge >= 0.3 is 5.22 Å². The molecular weight excluding hydrogens is 364 g/mol. The number of hydrogen-bond donors (Lipinski definition) is 1. The Hall–Kier alpha value is -1.38. The van der Waals surface area contributed by atoms with E-state index in [2.05, 4.69) is 20.9 Å². The van der Waals surface area contributed by atoms with Gasteiger partial charge in [0.2, 0.25) is 9.84 Å². The summed E-state index contributed by atoms with van der Waals surface area (Å²) >= 11 is 4.66. The van der Waals surface area contributed by atoms with Crippen molar-refractivity contribution >= 4 is 53.9 Å². The van der Waals surface area contributed by atoms with Crippen molar-refractivity contribution in [2.75, 3.05) is 5.73 Å². The number of thiophene rings is 1. The molecule has 0 unspecified atom stereocenters. The zero-order valence-corrected chi connectivity index (χ0v) is 13.3. The van der Waals surface area contributed by atoms with Crippen molar-refractivity contribution in [2.24, 2.45) is 0 Å². The van der Waals surface area contributed by atoms with Crippen LogP contribution in [0.3, 0.4) is 0 Å². The van der Waals surface area contributed by atoms with E-state index in [0.717, 1.165) is 9.35 Å². The lowest BCUT2D eigenvalue weighted by Gasteiger charge is -1.96. The molecule has 8 heteroatoms. The Labute approximate surface area is 127 Å². The van der Waals surface area contributed by atoms with E-state index < -0.39 is 9.84 Å².